The Hall–Kier alpha value is -1.98. The van der Waals surface area contributed by atoms with Gasteiger partial charge in [0, 0.05) is 30.6 Å². The second kappa shape index (κ2) is 4.72. The number of hydrogen-bond acceptors (Lipinski definition) is 2. The summed E-state index contributed by atoms with van der Waals surface area (Å²) < 4.78 is 41.0. The zero-order valence-electron chi connectivity index (χ0n) is 9.92. The molecule has 18 heavy (non-hydrogen) atoms. The van der Waals surface area contributed by atoms with Crippen molar-refractivity contribution in [3.63, 3.8) is 0 Å². The van der Waals surface area contributed by atoms with Gasteiger partial charge in [0.15, 0.2) is 11.6 Å². The molecular formula is C12H12F3N3. The number of anilines is 1. The first-order valence-electron chi connectivity index (χ1n) is 5.44. The molecule has 0 fully saturated rings. The molecule has 1 aromatic heterocycles. The summed E-state index contributed by atoms with van der Waals surface area (Å²) in [5.74, 6) is -2.79. The normalized spacial score (nSPS) is 11.0. The molecule has 2 aromatic rings. The molecule has 3 nitrogen and oxygen atoms in total. The van der Waals surface area contributed by atoms with E-state index in [2.05, 4.69) is 10.3 Å². The van der Waals surface area contributed by atoms with Crippen LogP contribution in [0.3, 0.4) is 0 Å². The molecule has 0 bridgehead atoms. The van der Waals surface area contributed by atoms with Crippen LogP contribution in [0.2, 0.25) is 0 Å². The van der Waals surface area contributed by atoms with Crippen LogP contribution in [-0.2, 0) is 0 Å². The van der Waals surface area contributed by atoms with Crippen molar-refractivity contribution < 1.29 is 13.2 Å². The maximum atomic E-state index is 13.6. The van der Waals surface area contributed by atoms with Crippen LogP contribution >= 0.6 is 0 Å². The molecule has 0 saturated heterocycles. The summed E-state index contributed by atoms with van der Waals surface area (Å²) in [4.78, 5) is 3.99. The van der Waals surface area contributed by atoms with Crippen LogP contribution in [0.25, 0.3) is 5.69 Å². The van der Waals surface area contributed by atoms with Gasteiger partial charge in [0.25, 0.3) is 0 Å². The summed E-state index contributed by atoms with van der Waals surface area (Å²) in [6, 6.07) is 1.40. The molecule has 0 radical (unpaired) electrons. The highest BCUT2D eigenvalue weighted by Gasteiger charge is 2.14. The molecule has 0 saturated carbocycles. The number of nitrogens with zero attached hydrogens (tertiary/aromatic N) is 2. The minimum Gasteiger partial charge on any atom is -0.353 e. The Bertz CT molecular complexity index is 564. The summed E-state index contributed by atoms with van der Waals surface area (Å²) in [5.41, 5.74) is -0.0884. The van der Waals surface area contributed by atoms with Gasteiger partial charge in [-0.25, -0.2) is 18.2 Å². The van der Waals surface area contributed by atoms with Crippen LogP contribution < -0.4 is 5.32 Å². The minimum atomic E-state index is -1.21. The highest BCUT2D eigenvalue weighted by molar-refractivity contribution is 5.43. The van der Waals surface area contributed by atoms with E-state index in [-0.39, 0.29) is 11.7 Å². The van der Waals surface area contributed by atoms with Crippen LogP contribution in [0.1, 0.15) is 13.8 Å². The standard InChI is InChI=1S/C12H12F3N3/c1-7(2)17-12-16-3-4-18(12)11-6-9(14)8(13)5-10(11)15/h3-7H,1-2H3,(H,16,17). The SMILES string of the molecule is CC(C)Nc1nccn1-c1cc(F)c(F)cc1F. The summed E-state index contributed by atoms with van der Waals surface area (Å²) in [6.07, 6.45) is 2.92. The van der Waals surface area contributed by atoms with Gasteiger partial charge in [0.1, 0.15) is 5.82 Å². The first kappa shape index (κ1) is 12.5. The molecule has 1 aromatic carbocycles. The number of aromatic nitrogens is 2. The van der Waals surface area contributed by atoms with Gasteiger partial charge in [0.2, 0.25) is 5.95 Å². The summed E-state index contributed by atoms with van der Waals surface area (Å²) in [6.45, 7) is 3.78. The van der Waals surface area contributed by atoms with Gasteiger partial charge in [-0.05, 0) is 13.8 Å². The zero-order valence-corrected chi connectivity index (χ0v) is 9.92. The summed E-state index contributed by atoms with van der Waals surface area (Å²) >= 11 is 0. The van der Waals surface area contributed by atoms with Gasteiger partial charge in [0.05, 0.1) is 5.69 Å². The third-order valence-electron chi connectivity index (χ3n) is 2.31. The second-order valence-electron chi connectivity index (χ2n) is 4.14. The average Bonchev–Trinajstić information content (AvgIpc) is 2.70. The Balaban J connectivity index is 2.49. The molecule has 96 valence electrons. The first-order chi connectivity index (χ1) is 8.49. The fourth-order valence-corrected chi connectivity index (χ4v) is 1.56. The maximum Gasteiger partial charge on any atom is 0.207 e. The van der Waals surface area contributed by atoms with E-state index in [1.54, 1.807) is 0 Å². The highest BCUT2D eigenvalue weighted by atomic mass is 19.2. The van der Waals surface area contributed by atoms with Gasteiger partial charge in [-0.1, -0.05) is 0 Å². The Morgan fingerprint density at radius 1 is 1.11 bits per heavy atom. The summed E-state index contributed by atoms with van der Waals surface area (Å²) in [5, 5.41) is 2.98. The van der Waals surface area contributed by atoms with Gasteiger partial charge < -0.3 is 5.32 Å². The third kappa shape index (κ3) is 2.32. The van der Waals surface area contributed by atoms with E-state index in [1.807, 2.05) is 13.8 Å². The van der Waals surface area contributed by atoms with E-state index in [9.17, 15) is 13.2 Å². The van der Waals surface area contributed by atoms with E-state index in [0.717, 1.165) is 6.07 Å². The second-order valence-corrected chi connectivity index (χ2v) is 4.14. The minimum absolute atomic E-state index is 0.0829. The van der Waals surface area contributed by atoms with Crippen molar-refractivity contribution in [3.05, 3.63) is 42.0 Å². The number of halogens is 3. The van der Waals surface area contributed by atoms with Crippen molar-refractivity contribution >= 4 is 5.95 Å². The lowest BCUT2D eigenvalue weighted by atomic mass is 10.3. The largest absolute Gasteiger partial charge is 0.353 e. The van der Waals surface area contributed by atoms with Gasteiger partial charge in [-0.15, -0.1) is 0 Å². The molecule has 0 spiro atoms. The number of imidazole rings is 1. The quantitative estimate of drug-likeness (QED) is 0.854. The fraction of sp³-hybridized carbons (Fsp3) is 0.250. The van der Waals surface area contributed by atoms with Crippen LogP contribution in [0.15, 0.2) is 24.5 Å². The van der Waals surface area contributed by atoms with Crippen molar-refractivity contribution in [3.8, 4) is 5.69 Å². The predicted octanol–water partition coefficient (Wildman–Crippen LogP) is 3.11. The zero-order chi connectivity index (χ0) is 13.3. The molecule has 0 aliphatic heterocycles. The van der Waals surface area contributed by atoms with E-state index < -0.39 is 17.5 Å². The number of nitrogens with one attached hydrogen (secondary N) is 1. The van der Waals surface area contributed by atoms with Crippen molar-refractivity contribution in [2.75, 3.05) is 5.32 Å². The highest BCUT2D eigenvalue weighted by Crippen LogP contribution is 2.21. The maximum absolute atomic E-state index is 13.6. The molecule has 0 aliphatic carbocycles. The molecule has 0 aliphatic rings. The Morgan fingerprint density at radius 2 is 1.78 bits per heavy atom. The monoisotopic (exact) mass is 255 g/mol. The molecule has 0 amide bonds. The molecule has 0 atom stereocenters. The van der Waals surface area contributed by atoms with Crippen LogP contribution in [0.5, 0.6) is 0 Å². The summed E-state index contributed by atoms with van der Waals surface area (Å²) in [7, 11) is 0. The van der Waals surface area contributed by atoms with E-state index >= 15 is 0 Å². The molecule has 6 heteroatoms. The number of hydrogen-bond donors (Lipinski definition) is 1. The molecule has 2 rings (SSSR count). The smallest absolute Gasteiger partial charge is 0.207 e. The molecule has 1 N–H and O–H groups in total. The Labute approximate surface area is 102 Å². The van der Waals surface area contributed by atoms with E-state index in [1.165, 1.54) is 17.0 Å². The fourth-order valence-electron chi connectivity index (χ4n) is 1.56. The average molecular weight is 255 g/mol. The first-order valence-corrected chi connectivity index (χ1v) is 5.44. The van der Waals surface area contributed by atoms with Crippen molar-refractivity contribution in [2.24, 2.45) is 0 Å². The number of benzene rings is 1. The van der Waals surface area contributed by atoms with Crippen LogP contribution in [0.4, 0.5) is 19.1 Å². The van der Waals surface area contributed by atoms with Crippen LogP contribution in [-0.4, -0.2) is 15.6 Å². The lowest BCUT2D eigenvalue weighted by Crippen LogP contribution is -2.14. The van der Waals surface area contributed by atoms with Gasteiger partial charge in [-0.3, -0.25) is 4.57 Å². The molecular weight excluding hydrogens is 243 g/mol. The van der Waals surface area contributed by atoms with E-state index in [0.29, 0.717) is 12.0 Å². The predicted molar refractivity (Wildman–Crippen MR) is 62.2 cm³/mol. The molecule has 0 unspecified atom stereocenters. The lowest BCUT2D eigenvalue weighted by molar-refractivity contribution is 0.493. The molecule has 1 heterocycles. The van der Waals surface area contributed by atoms with Gasteiger partial charge >= 0.3 is 0 Å². The van der Waals surface area contributed by atoms with E-state index in [4.69, 9.17) is 0 Å². The number of rotatable bonds is 3. The topological polar surface area (TPSA) is 29.9 Å². The van der Waals surface area contributed by atoms with Gasteiger partial charge in [-0.2, -0.15) is 0 Å². The van der Waals surface area contributed by atoms with Crippen molar-refractivity contribution in [1.82, 2.24) is 9.55 Å². The third-order valence-corrected chi connectivity index (χ3v) is 2.31. The Kier molecular flexibility index (Phi) is 3.27. The Morgan fingerprint density at radius 3 is 2.44 bits per heavy atom. The van der Waals surface area contributed by atoms with Crippen molar-refractivity contribution in [2.45, 2.75) is 19.9 Å². The van der Waals surface area contributed by atoms with Crippen molar-refractivity contribution in [1.29, 1.82) is 0 Å². The van der Waals surface area contributed by atoms with Crippen LogP contribution in [0, 0.1) is 17.5 Å². The lowest BCUT2D eigenvalue weighted by Gasteiger charge is -2.13.